The molecule has 1 nitrogen and oxygen atoms in total. The van der Waals surface area contributed by atoms with Gasteiger partial charge in [-0.25, -0.2) is 8.78 Å². The number of hydrogen-bond donors (Lipinski definition) is 0. The number of aryl methyl sites for hydroxylation is 1. The fourth-order valence-corrected chi connectivity index (χ4v) is 2.40. The molecule has 0 saturated carbocycles. The molecule has 0 aliphatic carbocycles. The van der Waals surface area contributed by atoms with Crippen LogP contribution in [-0.4, -0.2) is 5.78 Å². The third kappa shape index (κ3) is 3.47. The normalized spacial score (nSPS) is 10.5. The van der Waals surface area contributed by atoms with Crippen molar-refractivity contribution in [1.82, 2.24) is 0 Å². The van der Waals surface area contributed by atoms with Gasteiger partial charge in [0, 0.05) is 16.5 Å². The van der Waals surface area contributed by atoms with Crippen molar-refractivity contribution in [3.05, 3.63) is 69.2 Å². The average molecular weight is 325 g/mol. The fraction of sp³-hybridized carbons (Fsp3) is 0.133. The molecule has 0 aliphatic rings. The van der Waals surface area contributed by atoms with E-state index < -0.39 is 11.6 Å². The van der Waals surface area contributed by atoms with Gasteiger partial charge in [-0.15, -0.1) is 0 Å². The van der Waals surface area contributed by atoms with E-state index in [0.29, 0.717) is 21.2 Å². The molecule has 19 heavy (non-hydrogen) atoms. The second-order valence-electron chi connectivity index (χ2n) is 4.34. The highest BCUT2D eigenvalue weighted by molar-refractivity contribution is 9.10. The van der Waals surface area contributed by atoms with E-state index in [-0.39, 0.29) is 12.2 Å². The highest BCUT2D eigenvalue weighted by atomic mass is 79.9. The molecule has 0 aromatic heterocycles. The summed E-state index contributed by atoms with van der Waals surface area (Å²) >= 11 is 3.17. The minimum atomic E-state index is -0.450. The molecule has 2 aromatic carbocycles. The van der Waals surface area contributed by atoms with Crippen molar-refractivity contribution in [3.8, 4) is 0 Å². The first-order valence-electron chi connectivity index (χ1n) is 5.70. The van der Waals surface area contributed by atoms with E-state index in [9.17, 15) is 13.6 Å². The van der Waals surface area contributed by atoms with Crippen molar-refractivity contribution in [2.75, 3.05) is 0 Å². The van der Waals surface area contributed by atoms with Crippen LogP contribution in [0.2, 0.25) is 0 Å². The lowest BCUT2D eigenvalue weighted by Gasteiger charge is -2.06. The van der Waals surface area contributed by atoms with Gasteiger partial charge in [0.1, 0.15) is 11.6 Å². The maximum atomic E-state index is 13.2. The second kappa shape index (κ2) is 5.61. The molecule has 0 N–H and O–H groups in total. The number of carbonyl (C=O) groups is 1. The molecule has 0 fully saturated rings. The smallest absolute Gasteiger partial charge is 0.167 e. The summed E-state index contributed by atoms with van der Waals surface area (Å²) in [7, 11) is 0. The summed E-state index contributed by atoms with van der Waals surface area (Å²) in [5.74, 6) is -1.09. The molecule has 0 bridgehead atoms. The van der Waals surface area contributed by atoms with Gasteiger partial charge >= 0.3 is 0 Å². The summed E-state index contributed by atoms with van der Waals surface area (Å²) in [5, 5.41) is 0. The van der Waals surface area contributed by atoms with Crippen LogP contribution in [0, 0.1) is 18.6 Å². The van der Waals surface area contributed by atoms with Crippen LogP contribution in [-0.2, 0) is 6.42 Å². The number of halogens is 3. The van der Waals surface area contributed by atoms with Gasteiger partial charge in [0.15, 0.2) is 5.78 Å². The summed E-state index contributed by atoms with van der Waals surface area (Å²) in [5.41, 5.74) is 1.60. The summed E-state index contributed by atoms with van der Waals surface area (Å²) < 4.78 is 27.0. The summed E-state index contributed by atoms with van der Waals surface area (Å²) in [6.07, 6.45) is 0.0423. The topological polar surface area (TPSA) is 17.1 Å². The van der Waals surface area contributed by atoms with Crippen molar-refractivity contribution < 1.29 is 13.6 Å². The van der Waals surface area contributed by atoms with Crippen LogP contribution in [0.4, 0.5) is 8.78 Å². The van der Waals surface area contributed by atoms with E-state index in [0.717, 1.165) is 0 Å². The summed E-state index contributed by atoms with van der Waals surface area (Å²) in [6.45, 7) is 1.74. The van der Waals surface area contributed by atoms with Crippen LogP contribution in [0.1, 0.15) is 21.5 Å². The molecule has 0 amide bonds. The van der Waals surface area contributed by atoms with Gasteiger partial charge in [0.25, 0.3) is 0 Å². The molecule has 0 spiro atoms. The first-order chi connectivity index (χ1) is 8.95. The Labute approximate surface area is 118 Å². The predicted molar refractivity (Wildman–Crippen MR) is 73.3 cm³/mol. The zero-order chi connectivity index (χ0) is 14.0. The van der Waals surface area contributed by atoms with Crippen LogP contribution in [0.5, 0.6) is 0 Å². The molecule has 4 heteroatoms. The summed E-state index contributed by atoms with van der Waals surface area (Å²) in [6, 6.07) is 8.38. The van der Waals surface area contributed by atoms with E-state index in [2.05, 4.69) is 15.9 Å². The number of hydrogen-bond acceptors (Lipinski definition) is 1. The van der Waals surface area contributed by atoms with Crippen LogP contribution in [0.15, 0.2) is 40.9 Å². The monoisotopic (exact) mass is 324 g/mol. The molecule has 98 valence electrons. The highest BCUT2D eigenvalue weighted by Crippen LogP contribution is 2.18. The Morgan fingerprint density at radius 1 is 1.11 bits per heavy atom. The van der Waals surface area contributed by atoms with Crippen molar-refractivity contribution in [1.29, 1.82) is 0 Å². The van der Waals surface area contributed by atoms with Crippen molar-refractivity contribution in [2.45, 2.75) is 13.3 Å². The fourth-order valence-electron chi connectivity index (χ4n) is 1.89. The SMILES string of the molecule is Cc1ccc(F)cc1C(=O)Cc1cc(F)cc(Br)c1. The number of carbonyl (C=O) groups excluding carboxylic acids is 1. The van der Waals surface area contributed by atoms with Gasteiger partial charge < -0.3 is 0 Å². The molecule has 0 saturated heterocycles. The maximum Gasteiger partial charge on any atom is 0.167 e. The Morgan fingerprint density at radius 3 is 2.53 bits per heavy atom. The maximum absolute atomic E-state index is 13.2. The highest BCUT2D eigenvalue weighted by Gasteiger charge is 2.12. The summed E-state index contributed by atoms with van der Waals surface area (Å²) in [4.78, 5) is 12.1. The number of ketones is 1. The van der Waals surface area contributed by atoms with Crippen LogP contribution in [0.25, 0.3) is 0 Å². The van der Waals surface area contributed by atoms with Crippen LogP contribution < -0.4 is 0 Å². The quantitative estimate of drug-likeness (QED) is 0.762. The molecular weight excluding hydrogens is 314 g/mol. The molecule has 0 atom stereocenters. The molecule has 2 aromatic rings. The minimum absolute atomic E-state index is 0.0423. The van der Waals surface area contributed by atoms with Crippen molar-refractivity contribution >= 4 is 21.7 Å². The lowest BCUT2D eigenvalue weighted by atomic mass is 9.99. The van der Waals surface area contributed by atoms with E-state index >= 15 is 0 Å². The van der Waals surface area contributed by atoms with Gasteiger partial charge in [-0.05, 0) is 48.4 Å². The van der Waals surface area contributed by atoms with E-state index in [1.165, 1.54) is 24.3 Å². The first-order valence-corrected chi connectivity index (χ1v) is 6.49. The van der Waals surface area contributed by atoms with E-state index in [1.54, 1.807) is 19.1 Å². The average Bonchev–Trinajstić information content (AvgIpc) is 2.30. The Bertz CT molecular complexity index is 618. The van der Waals surface area contributed by atoms with E-state index in [1.807, 2.05) is 0 Å². The van der Waals surface area contributed by atoms with Gasteiger partial charge in [-0.1, -0.05) is 22.0 Å². The van der Waals surface area contributed by atoms with Crippen LogP contribution >= 0.6 is 15.9 Å². The van der Waals surface area contributed by atoms with Gasteiger partial charge in [-0.3, -0.25) is 4.79 Å². The minimum Gasteiger partial charge on any atom is -0.294 e. The number of rotatable bonds is 3. The van der Waals surface area contributed by atoms with Gasteiger partial charge in [-0.2, -0.15) is 0 Å². The largest absolute Gasteiger partial charge is 0.294 e. The Balaban J connectivity index is 2.28. The first kappa shape index (κ1) is 13.9. The zero-order valence-electron chi connectivity index (χ0n) is 10.2. The Kier molecular flexibility index (Phi) is 4.10. The molecule has 0 unspecified atom stereocenters. The molecule has 0 heterocycles. The number of benzene rings is 2. The molecular formula is C15H11BrF2O. The zero-order valence-corrected chi connectivity index (χ0v) is 11.8. The Hall–Kier alpha value is -1.55. The number of Topliss-reactive ketones (excluding diaryl/α,β-unsaturated/α-hetero) is 1. The van der Waals surface area contributed by atoms with Crippen molar-refractivity contribution in [3.63, 3.8) is 0 Å². The van der Waals surface area contributed by atoms with Gasteiger partial charge in [0.2, 0.25) is 0 Å². The third-order valence-corrected chi connectivity index (χ3v) is 3.24. The standard InChI is InChI=1S/C15H11BrF2O/c1-9-2-3-12(17)8-14(9)15(19)6-10-4-11(16)7-13(18)5-10/h2-5,7-8H,6H2,1H3. The molecule has 0 radical (unpaired) electrons. The van der Waals surface area contributed by atoms with Crippen LogP contribution in [0.3, 0.4) is 0 Å². The predicted octanol–water partition coefficient (Wildman–Crippen LogP) is 4.46. The van der Waals surface area contributed by atoms with Gasteiger partial charge in [0.05, 0.1) is 0 Å². The Morgan fingerprint density at radius 2 is 1.84 bits per heavy atom. The van der Waals surface area contributed by atoms with Crippen molar-refractivity contribution in [2.24, 2.45) is 0 Å². The molecule has 0 aliphatic heterocycles. The lowest BCUT2D eigenvalue weighted by molar-refractivity contribution is 0.0992. The third-order valence-electron chi connectivity index (χ3n) is 2.79. The second-order valence-corrected chi connectivity index (χ2v) is 5.25. The van der Waals surface area contributed by atoms with E-state index in [4.69, 9.17) is 0 Å². The lowest BCUT2D eigenvalue weighted by Crippen LogP contribution is -2.06. The molecule has 2 rings (SSSR count).